The van der Waals surface area contributed by atoms with E-state index in [0.29, 0.717) is 5.75 Å². The van der Waals surface area contributed by atoms with Crippen LogP contribution in [0, 0.1) is 0 Å². The lowest BCUT2D eigenvalue weighted by Crippen LogP contribution is -2.29. The summed E-state index contributed by atoms with van der Waals surface area (Å²) in [7, 11) is -3.20. The standard InChI is InChI=1S/C19H23NO3S2/c1-3-18(16-9-11-17(12-10-16)25(2,22)23)20-19(21)14-24-13-15-7-5-4-6-8-15/h4-12,18H,3,13-14H2,1-2H3,(H,20,21)/t18-/m1/s1. The molecule has 134 valence electrons. The molecule has 0 heterocycles. The van der Waals surface area contributed by atoms with Crippen LogP contribution in [-0.4, -0.2) is 26.3 Å². The van der Waals surface area contributed by atoms with Gasteiger partial charge in [-0.15, -0.1) is 11.8 Å². The largest absolute Gasteiger partial charge is 0.349 e. The van der Waals surface area contributed by atoms with Crippen molar-refractivity contribution in [2.45, 2.75) is 30.0 Å². The van der Waals surface area contributed by atoms with E-state index >= 15 is 0 Å². The molecule has 0 saturated heterocycles. The van der Waals surface area contributed by atoms with Crippen molar-refractivity contribution in [3.63, 3.8) is 0 Å². The molecule has 0 aliphatic carbocycles. The van der Waals surface area contributed by atoms with Gasteiger partial charge in [0.15, 0.2) is 9.84 Å². The molecule has 4 nitrogen and oxygen atoms in total. The number of carbonyl (C=O) groups excluding carboxylic acids is 1. The van der Waals surface area contributed by atoms with Crippen LogP contribution < -0.4 is 5.32 Å². The van der Waals surface area contributed by atoms with E-state index in [2.05, 4.69) is 5.32 Å². The summed E-state index contributed by atoms with van der Waals surface area (Å²) in [6, 6.07) is 16.6. The van der Waals surface area contributed by atoms with E-state index < -0.39 is 9.84 Å². The average molecular weight is 378 g/mol. The predicted octanol–water partition coefficient (Wildman–Crippen LogP) is 3.59. The van der Waals surface area contributed by atoms with Gasteiger partial charge in [0.2, 0.25) is 5.91 Å². The molecule has 2 aromatic carbocycles. The smallest absolute Gasteiger partial charge is 0.230 e. The minimum atomic E-state index is -3.20. The highest BCUT2D eigenvalue weighted by Gasteiger charge is 2.14. The zero-order valence-electron chi connectivity index (χ0n) is 14.4. The van der Waals surface area contributed by atoms with Crippen molar-refractivity contribution in [1.29, 1.82) is 0 Å². The van der Waals surface area contributed by atoms with Crippen molar-refractivity contribution in [2.75, 3.05) is 12.0 Å². The first-order chi connectivity index (χ1) is 11.9. The van der Waals surface area contributed by atoms with Crippen molar-refractivity contribution in [3.8, 4) is 0 Å². The van der Waals surface area contributed by atoms with Crippen LogP contribution in [0.4, 0.5) is 0 Å². The molecule has 0 aliphatic rings. The number of nitrogens with one attached hydrogen (secondary N) is 1. The van der Waals surface area contributed by atoms with Gasteiger partial charge in [-0.25, -0.2) is 8.42 Å². The van der Waals surface area contributed by atoms with Gasteiger partial charge in [-0.1, -0.05) is 49.4 Å². The Bertz CT molecular complexity index is 787. The zero-order chi connectivity index (χ0) is 18.3. The molecule has 0 aliphatic heterocycles. The highest BCUT2D eigenvalue weighted by Crippen LogP contribution is 2.20. The molecule has 0 fully saturated rings. The number of thioether (sulfide) groups is 1. The van der Waals surface area contributed by atoms with Crippen LogP contribution in [0.2, 0.25) is 0 Å². The second-order valence-electron chi connectivity index (χ2n) is 5.85. The Labute approximate surface area is 154 Å². The maximum absolute atomic E-state index is 12.2. The van der Waals surface area contributed by atoms with Crippen molar-refractivity contribution in [2.24, 2.45) is 0 Å². The SMILES string of the molecule is CC[C@@H](NC(=O)CSCc1ccccc1)c1ccc(S(C)(=O)=O)cc1. The third-order valence-corrected chi connectivity index (χ3v) is 5.93. The molecule has 1 atom stereocenters. The first-order valence-corrected chi connectivity index (χ1v) is 11.2. The summed E-state index contributed by atoms with van der Waals surface area (Å²) >= 11 is 1.58. The van der Waals surface area contributed by atoms with Crippen molar-refractivity contribution < 1.29 is 13.2 Å². The molecular formula is C19H23NO3S2. The fourth-order valence-electron chi connectivity index (χ4n) is 2.44. The molecule has 2 rings (SSSR count). The molecule has 1 N–H and O–H groups in total. The maximum atomic E-state index is 12.2. The number of rotatable bonds is 8. The van der Waals surface area contributed by atoms with Crippen LogP contribution in [0.15, 0.2) is 59.5 Å². The summed E-state index contributed by atoms with van der Waals surface area (Å²) in [4.78, 5) is 12.5. The molecule has 6 heteroatoms. The van der Waals surface area contributed by atoms with Crippen molar-refractivity contribution in [1.82, 2.24) is 5.32 Å². The number of carbonyl (C=O) groups is 1. The summed E-state index contributed by atoms with van der Waals surface area (Å²) in [5.74, 6) is 1.18. The van der Waals surface area contributed by atoms with Gasteiger partial charge in [0.25, 0.3) is 0 Å². The lowest BCUT2D eigenvalue weighted by atomic mass is 10.0. The van der Waals surface area contributed by atoms with Gasteiger partial charge in [0.1, 0.15) is 0 Å². The van der Waals surface area contributed by atoms with Gasteiger partial charge in [-0.3, -0.25) is 4.79 Å². The summed E-state index contributed by atoms with van der Waals surface area (Å²) in [5, 5.41) is 3.02. The highest BCUT2D eigenvalue weighted by atomic mass is 32.2. The third-order valence-electron chi connectivity index (χ3n) is 3.80. The van der Waals surface area contributed by atoms with Crippen LogP contribution in [-0.2, 0) is 20.4 Å². The number of hydrogen-bond donors (Lipinski definition) is 1. The normalized spacial score (nSPS) is 12.6. The number of benzene rings is 2. The Morgan fingerprint density at radius 2 is 1.72 bits per heavy atom. The summed E-state index contributed by atoms with van der Waals surface area (Å²) < 4.78 is 23.0. The molecule has 0 radical (unpaired) electrons. The van der Waals surface area contributed by atoms with Gasteiger partial charge in [-0.05, 0) is 29.7 Å². The lowest BCUT2D eigenvalue weighted by molar-refractivity contribution is -0.119. The van der Waals surface area contributed by atoms with Gasteiger partial charge in [0.05, 0.1) is 16.7 Å². The van der Waals surface area contributed by atoms with Gasteiger partial charge in [-0.2, -0.15) is 0 Å². The number of amides is 1. The van der Waals surface area contributed by atoms with Crippen LogP contribution in [0.3, 0.4) is 0 Å². The summed E-state index contributed by atoms with van der Waals surface area (Å²) in [5.41, 5.74) is 2.11. The molecule has 25 heavy (non-hydrogen) atoms. The van der Waals surface area contributed by atoms with E-state index in [9.17, 15) is 13.2 Å². The van der Waals surface area contributed by atoms with Crippen molar-refractivity contribution >= 4 is 27.5 Å². The van der Waals surface area contributed by atoms with Crippen LogP contribution >= 0.6 is 11.8 Å². The van der Waals surface area contributed by atoms with Crippen LogP contribution in [0.5, 0.6) is 0 Å². The minimum absolute atomic E-state index is 0.0139. The lowest BCUT2D eigenvalue weighted by Gasteiger charge is -2.17. The molecule has 1 amide bonds. The molecule has 2 aromatic rings. The number of sulfone groups is 1. The van der Waals surface area contributed by atoms with Gasteiger partial charge < -0.3 is 5.32 Å². The molecule has 0 bridgehead atoms. The first-order valence-electron chi connectivity index (χ1n) is 8.11. The van der Waals surface area contributed by atoms with E-state index in [4.69, 9.17) is 0 Å². The van der Waals surface area contributed by atoms with Crippen molar-refractivity contribution in [3.05, 3.63) is 65.7 Å². The van der Waals surface area contributed by atoms with E-state index in [-0.39, 0.29) is 16.8 Å². The number of hydrogen-bond acceptors (Lipinski definition) is 4. The molecular weight excluding hydrogens is 354 g/mol. The highest BCUT2D eigenvalue weighted by molar-refractivity contribution is 7.99. The van der Waals surface area contributed by atoms with E-state index in [1.54, 1.807) is 36.0 Å². The maximum Gasteiger partial charge on any atom is 0.230 e. The monoisotopic (exact) mass is 377 g/mol. The molecule has 0 spiro atoms. The summed E-state index contributed by atoms with van der Waals surface area (Å²) in [6.07, 6.45) is 1.93. The Morgan fingerprint density at radius 1 is 1.08 bits per heavy atom. The molecule has 0 unspecified atom stereocenters. The Morgan fingerprint density at radius 3 is 2.28 bits per heavy atom. The zero-order valence-corrected chi connectivity index (χ0v) is 16.1. The van der Waals surface area contributed by atoms with Crippen LogP contribution in [0.25, 0.3) is 0 Å². The minimum Gasteiger partial charge on any atom is -0.349 e. The summed E-state index contributed by atoms with van der Waals surface area (Å²) in [6.45, 7) is 1.99. The molecule has 0 aromatic heterocycles. The van der Waals surface area contributed by atoms with E-state index in [1.165, 1.54) is 11.8 Å². The third kappa shape index (κ3) is 6.21. The first kappa shape index (κ1) is 19.5. The topological polar surface area (TPSA) is 63.2 Å². The van der Waals surface area contributed by atoms with E-state index in [1.807, 2.05) is 37.3 Å². The van der Waals surface area contributed by atoms with E-state index in [0.717, 1.165) is 17.7 Å². The van der Waals surface area contributed by atoms with Gasteiger partial charge in [0, 0.05) is 12.0 Å². The van der Waals surface area contributed by atoms with Crippen LogP contribution in [0.1, 0.15) is 30.5 Å². The fraction of sp³-hybridized carbons (Fsp3) is 0.316. The average Bonchev–Trinajstić information content (AvgIpc) is 2.60. The second kappa shape index (κ2) is 9.06. The molecule has 0 saturated carbocycles. The fourth-order valence-corrected chi connectivity index (χ4v) is 3.87. The second-order valence-corrected chi connectivity index (χ2v) is 8.85. The van der Waals surface area contributed by atoms with Gasteiger partial charge >= 0.3 is 0 Å². The Hall–Kier alpha value is -1.79. The quantitative estimate of drug-likeness (QED) is 0.764. The predicted molar refractivity (Wildman–Crippen MR) is 103 cm³/mol. The Kier molecular flexibility index (Phi) is 7.08. The Balaban J connectivity index is 1.89.